The number of benzene rings is 2. The Morgan fingerprint density at radius 3 is 2.58 bits per heavy atom. The number of quaternary nitrogens is 1. The third-order valence-electron chi connectivity index (χ3n) is 3.59. The molecule has 1 amide bonds. The normalized spacial score (nSPS) is 12.6. The minimum absolute atomic E-state index is 0.0552. The predicted octanol–water partition coefficient (Wildman–Crippen LogP) is 2.01. The summed E-state index contributed by atoms with van der Waals surface area (Å²) in [6.07, 6.45) is 1.12. The number of sulfone groups is 1. The third-order valence-corrected chi connectivity index (χ3v) is 4.98. The van der Waals surface area contributed by atoms with Gasteiger partial charge in [-0.1, -0.05) is 35.9 Å². The molecule has 0 fully saturated rings. The lowest BCUT2D eigenvalue weighted by atomic mass is 10.1. The van der Waals surface area contributed by atoms with E-state index in [1.165, 1.54) is 6.07 Å². The van der Waals surface area contributed by atoms with Crippen LogP contribution >= 0.6 is 11.6 Å². The summed E-state index contributed by atoms with van der Waals surface area (Å²) in [7, 11) is -3.40. The van der Waals surface area contributed by atoms with Gasteiger partial charge in [-0.2, -0.15) is 0 Å². The molecule has 2 aromatic rings. The molecular formula is C17H20ClN2O3S+. The topological polar surface area (TPSA) is 79.8 Å². The zero-order valence-corrected chi connectivity index (χ0v) is 15.1. The highest BCUT2D eigenvalue weighted by Crippen LogP contribution is 2.20. The van der Waals surface area contributed by atoms with E-state index in [1.54, 1.807) is 24.3 Å². The maximum atomic E-state index is 12.1. The number of nitrogens with one attached hydrogen (secondary N) is 1. The van der Waals surface area contributed by atoms with Gasteiger partial charge in [-0.15, -0.1) is 0 Å². The number of hydrogen-bond donors (Lipinski definition) is 2. The number of para-hydroxylation sites is 1. The summed E-state index contributed by atoms with van der Waals surface area (Å²) in [4.78, 5) is 12.2. The molecule has 0 aliphatic carbocycles. The molecule has 0 saturated carbocycles. The molecule has 0 heterocycles. The molecule has 5 nitrogen and oxygen atoms in total. The van der Waals surface area contributed by atoms with Crippen molar-refractivity contribution in [1.29, 1.82) is 0 Å². The number of hydrogen-bond acceptors (Lipinski definition) is 3. The largest absolute Gasteiger partial charge is 0.333 e. The summed E-state index contributed by atoms with van der Waals surface area (Å²) in [6.45, 7) is 2.15. The van der Waals surface area contributed by atoms with E-state index in [9.17, 15) is 13.2 Å². The number of amides is 1. The minimum Gasteiger partial charge on any atom is -0.333 e. The Morgan fingerprint density at radius 1 is 1.21 bits per heavy atom. The van der Waals surface area contributed by atoms with Crippen LogP contribution in [0.15, 0.2) is 53.4 Å². The number of carbonyl (C=O) groups is 1. The van der Waals surface area contributed by atoms with Gasteiger partial charge >= 0.3 is 0 Å². The summed E-state index contributed by atoms with van der Waals surface area (Å²) in [5.74, 6) is -0.264. The summed E-state index contributed by atoms with van der Waals surface area (Å²) in [6, 6.07) is 13.9. The molecule has 0 unspecified atom stereocenters. The zero-order valence-electron chi connectivity index (χ0n) is 13.5. The first kappa shape index (κ1) is 18.4. The average Bonchev–Trinajstić information content (AvgIpc) is 2.52. The fraction of sp³-hybridized carbons (Fsp3) is 0.235. The number of carbonyl (C=O) groups excluding carboxylic acids is 1. The molecule has 0 radical (unpaired) electrons. The molecule has 7 heteroatoms. The van der Waals surface area contributed by atoms with Crippen molar-refractivity contribution in [2.24, 2.45) is 0 Å². The summed E-state index contributed by atoms with van der Waals surface area (Å²) < 4.78 is 23.5. The van der Waals surface area contributed by atoms with Gasteiger partial charge in [0, 0.05) is 16.8 Å². The molecule has 128 valence electrons. The lowest BCUT2D eigenvalue weighted by Gasteiger charge is -2.12. The van der Waals surface area contributed by atoms with E-state index in [1.807, 2.05) is 30.4 Å². The quantitative estimate of drug-likeness (QED) is 0.819. The van der Waals surface area contributed by atoms with E-state index in [0.717, 1.165) is 11.8 Å². The van der Waals surface area contributed by atoms with Crippen molar-refractivity contribution in [2.75, 3.05) is 18.1 Å². The fourth-order valence-electron chi connectivity index (χ4n) is 2.30. The highest BCUT2D eigenvalue weighted by atomic mass is 35.5. The van der Waals surface area contributed by atoms with Crippen LogP contribution in [0.25, 0.3) is 0 Å². The van der Waals surface area contributed by atoms with Gasteiger partial charge in [0.15, 0.2) is 16.4 Å². The summed E-state index contributed by atoms with van der Waals surface area (Å²) in [5.41, 5.74) is 1.32. The molecule has 0 bridgehead atoms. The van der Waals surface area contributed by atoms with Gasteiger partial charge in [-0.05, 0) is 31.2 Å². The predicted molar refractivity (Wildman–Crippen MR) is 94.8 cm³/mol. The van der Waals surface area contributed by atoms with Crippen molar-refractivity contribution >= 4 is 33.0 Å². The Hall–Kier alpha value is -1.89. The first-order valence-electron chi connectivity index (χ1n) is 7.45. The van der Waals surface area contributed by atoms with E-state index in [-0.39, 0.29) is 23.4 Å². The van der Waals surface area contributed by atoms with E-state index >= 15 is 0 Å². The van der Waals surface area contributed by atoms with E-state index in [4.69, 9.17) is 11.6 Å². The molecule has 2 aromatic carbocycles. The molecule has 0 aromatic heterocycles. The number of nitrogens with two attached hydrogens (primary N) is 1. The van der Waals surface area contributed by atoms with Crippen molar-refractivity contribution in [1.82, 2.24) is 0 Å². The Kier molecular flexibility index (Phi) is 5.99. The molecule has 0 aliphatic rings. The Bertz CT molecular complexity index is 837. The lowest BCUT2D eigenvalue weighted by Crippen LogP contribution is -2.86. The molecule has 0 saturated heterocycles. The molecular weight excluding hydrogens is 348 g/mol. The van der Waals surface area contributed by atoms with Crippen LogP contribution in [0.5, 0.6) is 0 Å². The second-order valence-corrected chi connectivity index (χ2v) is 8.02. The molecule has 24 heavy (non-hydrogen) atoms. The van der Waals surface area contributed by atoms with Gasteiger partial charge in [0.25, 0.3) is 5.91 Å². The highest BCUT2D eigenvalue weighted by Gasteiger charge is 2.16. The van der Waals surface area contributed by atoms with Crippen LogP contribution in [0.4, 0.5) is 5.69 Å². The van der Waals surface area contributed by atoms with Crippen LogP contribution < -0.4 is 10.6 Å². The fourth-order valence-corrected chi connectivity index (χ4v) is 3.35. The Balaban J connectivity index is 2.00. The molecule has 1 atom stereocenters. The smallest absolute Gasteiger partial charge is 0.279 e. The van der Waals surface area contributed by atoms with Crippen LogP contribution in [0.2, 0.25) is 5.02 Å². The number of halogens is 1. The molecule has 3 N–H and O–H groups in total. The van der Waals surface area contributed by atoms with Crippen LogP contribution in [0.1, 0.15) is 18.5 Å². The van der Waals surface area contributed by atoms with Gasteiger partial charge < -0.3 is 10.6 Å². The van der Waals surface area contributed by atoms with Gasteiger partial charge in [-0.25, -0.2) is 8.42 Å². The number of anilines is 1. The standard InChI is InChI=1S/C17H19ClN2O3S/c1-12(13-6-5-7-14(18)10-13)19-11-17(21)20-15-8-3-4-9-16(15)24(2,22)23/h3-10,12,19H,11H2,1-2H3,(H,20,21)/p+1/t12-/m1/s1. The summed E-state index contributed by atoms with van der Waals surface area (Å²) in [5, 5.41) is 5.18. The SMILES string of the molecule is C[C@@H]([NH2+]CC(=O)Nc1ccccc1S(C)(=O)=O)c1cccc(Cl)c1. The third kappa shape index (κ3) is 5.06. The maximum absolute atomic E-state index is 12.1. The van der Waals surface area contributed by atoms with Crippen molar-refractivity contribution in [2.45, 2.75) is 17.9 Å². The zero-order chi connectivity index (χ0) is 17.7. The van der Waals surface area contributed by atoms with Gasteiger partial charge in [0.05, 0.1) is 10.6 Å². The van der Waals surface area contributed by atoms with Crippen molar-refractivity contribution < 1.29 is 18.5 Å². The Morgan fingerprint density at radius 2 is 1.92 bits per heavy atom. The van der Waals surface area contributed by atoms with Crippen LogP contribution in [0.3, 0.4) is 0 Å². The van der Waals surface area contributed by atoms with Crippen LogP contribution in [-0.4, -0.2) is 27.1 Å². The highest BCUT2D eigenvalue weighted by molar-refractivity contribution is 7.90. The van der Waals surface area contributed by atoms with Gasteiger partial charge in [0.1, 0.15) is 6.04 Å². The average molecular weight is 368 g/mol. The summed E-state index contributed by atoms with van der Waals surface area (Å²) >= 11 is 5.97. The monoisotopic (exact) mass is 367 g/mol. The van der Waals surface area contributed by atoms with E-state index in [0.29, 0.717) is 10.7 Å². The first-order valence-corrected chi connectivity index (χ1v) is 9.72. The Labute approximate surface area is 147 Å². The van der Waals surface area contributed by atoms with E-state index < -0.39 is 9.84 Å². The van der Waals surface area contributed by atoms with Crippen molar-refractivity contribution in [3.63, 3.8) is 0 Å². The van der Waals surface area contributed by atoms with Crippen molar-refractivity contribution in [3.05, 3.63) is 59.1 Å². The second-order valence-electron chi connectivity index (χ2n) is 5.60. The van der Waals surface area contributed by atoms with Gasteiger partial charge in [-0.3, -0.25) is 4.79 Å². The number of rotatable bonds is 6. The molecule has 2 rings (SSSR count). The molecule has 0 spiro atoms. The van der Waals surface area contributed by atoms with Crippen molar-refractivity contribution in [3.8, 4) is 0 Å². The minimum atomic E-state index is -3.40. The van der Waals surface area contributed by atoms with Gasteiger partial charge in [0.2, 0.25) is 0 Å². The van der Waals surface area contributed by atoms with E-state index in [2.05, 4.69) is 5.32 Å². The van der Waals surface area contributed by atoms with Crippen LogP contribution in [0, 0.1) is 0 Å². The first-order chi connectivity index (χ1) is 11.3. The second kappa shape index (κ2) is 7.79. The lowest BCUT2D eigenvalue weighted by molar-refractivity contribution is -0.682. The molecule has 0 aliphatic heterocycles. The van der Waals surface area contributed by atoms with Crippen LogP contribution in [-0.2, 0) is 14.6 Å². The maximum Gasteiger partial charge on any atom is 0.279 e.